The van der Waals surface area contributed by atoms with Crippen LogP contribution in [0.25, 0.3) is 0 Å². The van der Waals surface area contributed by atoms with Crippen LogP contribution in [0.5, 0.6) is 5.75 Å². The van der Waals surface area contributed by atoms with Crippen molar-refractivity contribution >= 4 is 46.1 Å². The van der Waals surface area contributed by atoms with Gasteiger partial charge in [-0.2, -0.15) is 0 Å². The van der Waals surface area contributed by atoms with Crippen LogP contribution in [0.2, 0.25) is 10.0 Å². The highest BCUT2D eigenvalue weighted by Gasteiger charge is 2.05. The Labute approximate surface area is 137 Å². The van der Waals surface area contributed by atoms with Crippen molar-refractivity contribution in [2.45, 2.75) is 25.1 Å². The van der Waals surface area contributed by atoms with Gasteiger partial charge in [0.05, 0.1) is 28.2 Å². The number of hydrogen-bond donors (Lipinski definition) is 0. The van der Waals surface area contributed by atoms with Crippen LogP contribution in [0, 0.1) is 0 Å². The quantitative estimate of drug-likeness (QED) is 0.479. The van der Waals surface area contributed by atoms with Gasteiger partial charge in [0.2, 0.25) is 0 Å². The molecule has 0 fully saturated rings. The zero-order valence-electron chi connectivity index (χ0n) is 10.7. The third-order valence-corrected chi connectivity index (χ3v) is 4.73. The standard InChI is InChI=1S/C14H14Cl3NOS/c15-8-10-9-20-13(18-10)6-1-2-7-19-12-5-3-4-11(16)14(12)17/h3-5,9H,1-2,6-8H2. The van der Waals surface area contributed by atoms with E-state index in [4.69, 9.17) is 39.5 Å². The van der Waals surface area contributed by atoms with Gasteiger partial charge in [-0.3, -0.25) is 0 Å². The lowest BCUT2D eigenvalue weighted by atomic mass is 10.2. The third-order valence-electron chi connectivity index (χ3n) is 2.69. The Bertz CT molecular complexity index is 559. The fraction of sp³-hybridized carbons (Fsp3) is 0.357. The van der Waals surface area contributed by atoms with Gasteiger partial charge in [0, 0.05) is 5.38 Å². The summed E-state index contributed by atoms with van der Waals surface area (Å²) in [7, 11) is 0. The van der Waals surface area contributed by atoms with Crippen LogP contribution >= 0.6 is 46.1 Å². The van der Waals surface area contributed by atoms with Crippen LogP contribution in [0.15, 0.2) is 23.6 Å². The number of unbranched alkanes of at least 4 members (excludes halogenated alkanes) is 1. The second kappa shape index (κ2) is 8.08. The highest BCUT2D eigenvalue weighted by molar-refractivity contribution is 7.09. The number of hydrogen-bond acceptors (Lipinski definition) is 3. The van der Waals surface area contributed by atoms with Crippen LogP contribution in [0.3, 0.4) is 0 Å². The topological polar surface area (TPSA) is 22.1 Å². The number of thiazole rings is 1. The minimum absolute atomic E-state index is 0.473. The summed E-state index contributed by atoms with van der Waals surface area (Å²) in [6, 6.07) is 5.39. The molecule has 0 unspecified atom stereocenters. The summed E-state index contributed by atoms with van der Waals surface area (Å²) >= 11 is 19.3. The molecule has 0 saturated heterocycles. The average molecular weight is 351 g/mol. The highest BCUT2D eigenvalue weighted by Crippen LogP contribution is 2.31. The van der Waals surface area contributed by atoms with E-state index in [2.05, 4.69) is 4.98 Å². The minimum atomic E-state index is 0.473. The van der Waals surface area contributed by atoms with Crippen LogP contribution in [0.4, 0.5) is 0 Å². The number of ether oxygens (including phenoxy) is 1. The summed E-state index contributed by atoms with van der Waals surface area (Å²) in [5, 5.41) is 4.12. The lowest BCUT2D eigenvalue weighted by Crippen LogP contribution is -1.99. The molecule has 2 rings (SSSR count). The van der Waals surface area contributed by atoms with Crippen molar-refractivity contribution in [3.05, 3.63) is 44.3 Å². The van der Waals surface area contributed by atoms with Gasteiger partial charge in [0.1, 0.15) is 10.8 Å². The second-order valence-corrected chi connectivity index (χ2v) is 6.22. The Morgan fingerprint density at radius 1 is 1.20 bits per heavy atom. The SMILES string of the molecule is ClCc1csc(CCCCOc2cccc(Cl)c2Cl)n1. The van der Waals surface area contributed by atoms with Gasteiger partial charge in [0.15, 0.2) is 0 Å². The van der Waals surface area contributed by atoms with E-state index in [9.17, 15) is 0 Å². The largest absolute Gasteiger partial charge is 0.492 e. The lowest BCUT2D eigenvalue weighted by molar-refractivity contribution is 0.307. The average Bonchev–Trinajstić information content (AvgIpc) is 2.91. The van der Waals surface area contributed by atoms with Crippen molar-refractivity contribution in [1.29, 1.82) is 0 Å². The maximum atomic E-state index is 6.04. The molecule has 0 bridgehead atoms. The molecule has 0 aliphatic heterocycles. The number of halogens is 3. The van der Waals surface area contributed by atoms with Gasteiger partial charge in [0.25, 0.3) is 0 Å². The summed E-state index contributed by atoms with van der Waals surface area (Å²) in [4.78, 5) is 4.42. The van der Waals surface area contributed by atoms with Crippen LogP contribution in [-0.4, -0.2) is 11.6 Å². The normalized spacial score (nSPS) is 10.8. The molecule has 0 aliphatic rings. The number of aryl methyl sites for hydroxylation is 1. The molecular formula is C14H14Cl3NOS. The predicted octanol–water partition coefficient (Wildman–Crippen LogP) is 5.59. The molecule has 20 heavy (non-hydrogen) atoms. The first-order valence-electron chi connectivity index (χ1n) is 6.26. The summed E-state index contributed by atoms with van der Waals surface area (Å²) < 4.78 is 5.63. The van der Waals surface area contributed by atoms with E-state index in [1.165, 1.54) is 0 Å². The summed E-state index contributed by atoms with van der Waals surface area (Å²) in [6.07, 6.45) is 2.92. The predicted molar refractivity (Wildman–Crippen MR) is 86.6 cm³/mol. The molecule has 0 spiro atoms. The van der Waals surface area contributed by atoms with E-state index in [1.807, 2.05) is 17.5 Å². The van der Waals surface area contributed by atoms with E-state index in [1.54, 1.807) is 17.4 Å². The van der Waals surface area contributed by atoms with Gasteiger partial charge in [-0.25, -0.2) is 4.98 Å². The van der Waals surface area contributed by atoms with Crippen molar-refractivity contribution in [3.8, 4) is 5.75 Å². The molecule has 6 heteroatoms. The van der Waals surface area contributed by atoms with Gasteiger partial charge in [-0.05, 0) is 31.4 Å². The first-order valence-corrected chi connectivity index (χ1v) is 8.43. The molecule has 1 aromatic heterocycles. The summed E-state index contributed by atoms with van der Waals surface area (Å²) in [6.45, 7) is 0.619. The number of aromatic nitrogens is 1. The minimum Gasteiger partial charge on any atom is -0.492 e. The zero-order chi connectivity index (χ0) is 14.4. The molecule has 0 N–H and O–H groups in total. The van der Waals surface area contributed by atoms with Crippen LogP contribution in [0.1, 0.15) is 23.5 Å². The summed E-state index contributed by atoms with van der Waals surface area (Å²) in [5.41, 5.74) is 0.952. The van der Waals surface area contributed by atoms with Crippen molar-refractivity contribution in [1.82, 2.24) is 4.98 Å². The van der Waals surface area contributed by atoms with Crippen molar-refractivity contribution in [3.63, 3.8) is 0 Å². The van der Waals surface area contributed by atoms with E-state index in [0.29, 0.717) is 28.3 Å². The Hall–Kier alpha value is -0.480. The highest BCUT2D eigenvalue weighted by atomic mass is 35.5. The van der Waals surface area contributed by atoms with Gasteiger partial charge in [-0.1, -0.05) is 29.3 Å². The Morgan fingerprint density at radius 2 is 2.05 bits per heavy atom. The number of rotatable bonds is 7. The molecule has 0 saturated carbocycles. The zero-order valence-corrected chi connectivity index (χ0v) is 13.8. The summed E-state index contributed by atoms with van der Waals surface area (Å²) in [5.74, 6) is 1.12. The molecule has 0 radical (unpaired) electrons. The molecule has 2 nitrogen and oxygen atoms in total. The maximum Gasteiger partial charge on any atom is 0.139 e. The second-order valence-electron chi connectivity index (χ2n) is 4.22. The number of nitrogens with zero attached hydrogens (tertiary/aromatic N) is 1. The van der Waals surface area contributed by atoms with Gasteiger partial charge < -0.3 is 4.74 Å². The number of benzene rings is 1. The Balaban J connectivity index is 1.70. The van der Waals surface area contributed by atoms with Crippen LogP contribution < -0.4 is 4.74 Å². The maximum absolute atomic E-state index is 6.04. The van der Waals surface area contributed by atoms with E-state index >= 15 is 0 Å². The molecule has 1 aromatic carbocycles. The third kappa shape index (κ3) is 4.52. The van der Waals surface area contributed by atoms with E-state index in [0.717, 1.165) is 30.0 Å². The fourth-order valence-electron chi connectivity index (χ4n) is 1.68. The van der Waals surface area contributed by atoms with Crippen molar-refractivity contribution in [2.75, 3.05) is 6.61 Å². The number of alkyl halides is 1. The Morgan fingerprint density at radius 3 is 2.80 bits per heavy atom. The molecule has 2 aromatic rings. The Kier molecular flexibility index (Phi) is 6.43. The molecule has 1 heterocycles. The molecule has 0 atom stereocenters. The van der Waals surface area contributed by atoms with Crippen LogP contribution in [-0.2, 0) is 12.3 Å². The van der Waals surface area contributed by atoms with Crippen molar-refractivity contribution in [2.24, 2.45) is 0 Å². The first kappa shape index (κ1) is 15.9. The fourth-order valence-corrected chi connectivity index (χ4v) is 3.10. The smallest absolute Gasteiger partial charge is 0.139 e. The van der Waals surface area contributed by atoms with Gasteiger partial charge >= 0.3 is 0 Å². The van der Waals surface area contributed by atoms with Crippen molar-refractivity contribution < 1.29 is 4.74 Å². The molecule has 0 amide bonds. The molecule has 0 aliphatic carbocycles. The molecular weight excluding hydrogens is 337 g/mol. The first-order chi connectivity index (χ1) is 9.70. The monoisotopic (exact) mass is 349 g/mol. The van der Waals surface area contributed by atoms with E-state index in [-0.39, 0.29) is 0 Å². The van der Waals surface area contributed by atoms with E-state index < -0.39 is 0 Å². The molecule has 108 valence electrons. The van der Waals surface area contributed by atoms with Gasteiger partial charge in [-0.15, -0.1) is 22.9 Å². The lowest BCUT2D eigenvalue weighted by Gasteiger charge is -2.08.